The molecule has 0 amide bonds. The number of rotatable bonds is 3. The van der Waals surface area contributed by atoms with Crippen molar-refractivity contribution in [2.45, 2.75) is 31.1 Å². The van der Waals surface area contributed by atoms with Crippen molar-refractivity contribution in [2.24, 2.45) is 0 Å². The molecule has 1 unspecified atom stereocenters. The molecule has 0 aliphatic carbocycles. The Bertz CT molecular complexity index is 311. The van der Waals surface area contributed by atoms with Gasteiger partial charge in [-0.25, -0.2) is 4.98 Å². The summed E-state index contributed by atoms with van der Waals surface area (Å²) in [5.74, 6) is 1.11. The molecule has 0 N–H and O–H groups in total. The predicted molar refractivity (Wildman–Crippen MR) is 65.4 cm³/mol. The lowest BCUT2D eigenvalue weighted by atomic mass is 10.1. The number of aromatic nitrogens is 2. The van der Waals surface area contributed by atoms with Crippen LogP contribution in [0, 0.1) is 6.92 Å². The van der Waals surface area contributed by atoms with Gasteiger partial charge in [-0.15, -0.1) is 0 Å². The highest BCUT2D eigenvalue weighted by molar-refractivity contribution is 9.09. The smallest absolute Gasteiger partial charge is 0.105 e. The Balaban J connectivity index is 1.80. The predicted octanol–water partition coefficient (Wildman–Crippen LogP) is 2.05. The van der Waals surface area contributed by atoms with Crippen molar-refractivity contribution in [1.82, 2.24) is 14.5 Å². The van der Waals surface area contributed by atoms with Crippen LogP contribution >= 0.6 is 15.9 Å². The summed E-state index contributed by atoms with van der Waals surface area (Å²) in [7, 11) is 0. The van der Waals surface area contributed by atoms with Crippen LogP contribution < -0.4 is 0 Å². The van der Waals surface area contributed by atoms with Crippen molar-refractivity contribution in [3.8, 4) is 0 Å². The summed E-state index contributed by atoms with van der Waals surface area (Å²) in [5.41, 5.74) is 0. The lowest BCUT2D eigenvalue weighted by Crippen LogP contribution is -2.37. The molecule has 84 valence electrons. The van der Waals surface area contributed by atoms with Crippen LogP contribution in [0.15, 0.2) is 12.4 Å². The zero-order valence-electron chi connectivity index (χ0n) is 9.19. The SMILES string of the molecule is Cc1nccn1CCN1CCCC(Br)C1. The highest BCUT2D eigenvalue weighted by atomic mass is 79.9. The van der Waals surface area contributed by atoms with E-state index in [1.807, 2.05) is 6.20 Å². The van der Waals surface area contributed by atoms with E-state index in [0.29, 0.717) is 4.83 Å². The Morgan fingerprint density at radius 3 is 3.07 bits per heavy atom. The number of halogens is 1. The first-order chi connectivity index (χ1) is 7.25. The molecule has 0 radical (unpaired) electrons. The molecular weight excluding hydrogens is 254 g/mol. The van der Waals surface area contributed by atoms with Gasteiger partial charge in [0.2, 0.25) is 0 Å². The Labute approximate surface area is 99.6 Å². The fourth-order valence-corrected chi connectivity index (χ4v) is 2.82. The monoisotopic (exact) mass is 271 g/mol. The Kier molecular flexibility index (Phi) is 3.81. The van der Waals surface area contributed by atoms with Crippen molar-refractivity contribution in [1.29, 1.82) is 0 Å². The molecule has 1 aromatic heterocycles. The van der Waals surface area contributed by atoms with Crippen molar-refractivity contribution >= 4 is 15.9 Å². The molecule has 0 aromatic carbocycles. The van der Waals surface area contributed by atoms with Gasteiger partial charge in [-0.2, -0.15) is 0 Å². The van der Waals surface area contributed by atoms with Crippen molar-refractivity contribution in [3.05, 3.63) is 18.2 Å². The van der Waals surface area contributed by atoms with E-state index < -0.39 is 0 Å². The molecule has 15 heavy (non-hydrogen) atoms. The number of imidazole rings is 1. The molecule has 4 heteroatoms. The molecule has 0 bridgehead atoms. The molecule has 0 saturated carbocycles. The van der Waals surface area contributed by atoms with Gasteiger partial charge in [-0.05, 0) is 26.3 Å². The maximum Gasteiger partial charge on any atom is 0.105 e. The first-order valence-corrected chi connectivity index (χ1v) is 6.51. The van der Waals surface area contributed by atoms with Gasteiger partial charge in [0.1, 0.15) is 5.82 Å². The molecule has 1 aliphatic rings. The minimum Gasteiger partial charge on any atom is -0.334 e. The average Bonchev–Trinajstić information content (AvgIpc) is 2.61. The maximum atomic E-state index is 4.23. The lowest BCUT2D eigenvalue weighted by Gasteiger charge is -2.29. The van der Waals surface area contributed by atoms with Crippen molar-refractivity contribution in [2.75, 3.05) is 19.6 Å². The number of nitrogens with zero attached hydrogens (tertiary/aromatic N) is 3. The van der Waals surface area contributed by atoms with E-state index in [9.17, 15) is 0 Å². The quantitative estimate of drug-likeness (QED) is 0.785. The standard InChI is InChI=1S/C11H18BrN3/c1-10-13-4-6-15(10)8-7-14-5-2-3-11(12)9-14/h4,6,11H,2-3,5,7-9H2,1H3. The fourth-order valence-electron chi connectivity index (χ4n) is 2.09. The summed E-state index contributed by atoms with van der Waals surface area (Å²) in [6, 6.07) is 0. The summed E-state index contributed by atoms with van der Waals surface area (Å²) >= 11 is 3.70. The molecule has 1 aromatic rings. The summed E-state index contributed by atoms with van der Waals surface area (Å²) < 4.78 is 2.22. The van der Waals surface area contributed by atoms with Gasteiger partial charge in [-0.3, -0.25) is 0 Å². The number of piperidine rings is 1. The summed E-state index contributed by atoms with van der Waals surface area (Å²) in [4.78, 5) is 7.45. The minimum atomic E-state index is 0.690. The van der Waals surface area contributed by atoms with Crippen LogP contribution in [0.5, 0.6) is 0 Å². The zero-order valence-corrected chi connectivity index (χ0v) is 10.8. The second-order valence-corrected chi connectivity index (χ2v) is 5.50. The Morgan fingerprint density at radius 2 is 2.40 bits per heavy atom. The topological polar surface area (TPSA) is 21.1 Å². The third kappa shape index (κ3) is 3.05. The van der Waals surface area contributed by atoms with E-state index in [2.05, 4.69) is 43.5 Å². The first kappa shape index (κ1) is 11.1. The molecule has 1 aliphatic heterocycles. The zero-order chi connectivity index (χ0) is 10.7. The van der Waals surface area contributed by atoms with Crippen LogP contribution in [-0.4, -0.2) is 38.9 Å². The molecule has 2 heterocycles. The van der Waals surface area contributed by atoms with Crippen LogP contribution in [0.25, 0.3) is 0 Å². The highest BCUT2D eigenvalue weighted by Crippen LogP contribution is 2.16. The van der Waals surface area contributed by atoms with Gasteiger partial charge in [0.05, 0.1) is 0 Å². The van der Waals surface area contributed by atoms with E-state index >= 15 is 0 Å². The molecule has 2 rings (SSSR count). The minimum absolute atomic E-state index is 0.690. The average molecular weight is 272 g/mol. The van der Waals surface area contributed by atoms with Gasteiger partial charge in [0, 0.05) is 36.9 Å². The molecule has 1 saturated heterocycles. The van der Waals surface area contributed by atoms with Crippen molar-refractivity contribution in [3.63, 3.8) is 0 Å². The Morgan fingerprint density at radius 1 is 1.53 bits per heavy atom. The van der Waals surface area contributed by atoms with Crippen LogP contribution in [-0.2, 0) is 6.54 Å². The second kappa shape index (κ2) is 5.12. The van der Waals surface area contributed by atoms with E-state index in [0.717, 1.165) is 18.9 Å². The number of hydrogen-bond donors (Lipinski definition) is 0. The molecule has 3 nitrogen and oxygen atoms in total. The number of alkyl halides is 1. The largest absolute Gasteiger partial charge is 0.334 e. The van der Waals surface area contributed by atoms with E-state index in [4.69, 9.17) is 0 Å². The van der Waals surface area contributed by atoms with E-state index in [1.54, 1.807) is 0 Å². The third-order valence-corrected chi connectivity index (χ3v) is 3.78. The first-order valence-electron chi connectivity index (χ1n) is 5.60. The third-order valence-electron chi connectivity index (χ3n) is 3.03. The summed E-state index contributed by atoms with van der Waals surface area (Å²) in [6.07, 6.45) is 6.57. The molecule has 1 atom stereocenters. The number of hydrogen-bond acceptors (Lipinski definition) is 2. The number of likely N-dealkylation sites (tertiary alicyclic amines) is 1. The molecule has 1 fully saturated rings. The highest BCUT2D eigenvalue weighted by Gasteiger charge is 2.16. The second-order valence-electron chi connectivity index (χ2n) is 4.21. The summed E-state index contributed by atoms with van der Waals surface area (Å²) in [5, 5.41) is 0. The van der Waals surface area contributed by atoms with Crippen LogP contribution in [0.1, 0.15) is 18.7 Å². The summed E-state index contributed by atoms with van der Waals surface area (Å²) in [6.45, 7) is 6.69. The fraction of sp³-hybridized carbons (Fsp3) is 0.727. The Hall–Kier alpha value is -0.350. The van der Waals surface area contributed by atoms with E-state index in [1.165, 1.54) is 25.9 Å². The van der Waals surface area contributed by atoms with Crippen LogP contribution in [0.2, 0.25) is 0 Å². The van der Waals surface area contributed by atoms with E-state index in [-0.39, 0.29) is 0 Å². The molecular formula is C11H18BrN3. The van der Waals surface area contributed by atoms with Gasteiger partial charge in [0.25, 0.3) is 0 Å². The van der Waals surface area contributed by atoms with Gasteiger partial charge in [-0.1, -0.05) is 15.9 Å². The number of aryl methyl sites for hydroxylation is 1. The maximum absolute atomic E-state index is 4.23. The van der Waals surface area contributed by atoms with Crippen LogP contribution in [0.4, 0.5) is 0 Å². The van der Waals surface area contributed by atoms with Gasteiger partial charge in [0.15, 0.2) is 0 Å². The van der Waals surface area contributed by atoms with Crippen molar-refractivity contribution < 1.29 is 0 Å². The van der Waals surface area contributed by atoms with Gasteiger partial charge < -0.3 is 9.47 Å². The van der Waals surface area contributed by atoms with Crippen LogP contribution in [0.3, 0.4) is 0 Å². The lowest BCUT2D eigenvalue weighted by molar-refractivity contribution is 0.227. The molecule has 0 spiro atoms. The normalized spacial score (nSPS) is 23.2. The van der Waals surface area contributed by atoms with Gasteiger partial charge >= 0.3 is 0 Å².